The maximum absolute atomic E-state index is 10.4. The van der Waals surface area contributed by atoms with E-state index in [2.05, 4.69) is 15.4 Å². The zero-order valence-corrected chi connectivity index (χ0v) is 6.82. The number of nitrogen functional groups attached to an aromatic ring is 1. The van der Waals surface area contributed by atoms with Crippen molar-refractivity contribution in [2.75, 3.05) is 5.43 Å². The van der Waals surface area contributed by atoms with Crippen molar-refractivity contribution in [2.45, 2.75) is 12.5 Å². The summed E-state index contributed by atoms with van der Waals surface area (Å²) in [5.74, 6) is 4.40. The number of aliphatic carboxylic acids is 1. The fourth-order valence-electron chi connectivity index (χ4n) is 0.860. The smallest absolute Gasteiger partial charge is 0.320 e. The van der Waals surface area contributed by atoms with Crippen molar-refractivity contribution in [3.8, 4) is 0 Å². The van der Waals surface area contributed by atoms with Gasteiger partial charge in [0, 0.05) is 12.1 Å². The van der Waals surface area contributed by atoms with Gasteiger partial charge >= 0.3 is 5.97 Å². The number of imidazole rings is 1. The van der Waals surface area contributed by atoms with Crippen molar-refractivity contribution in [3.05, 3.63) is 11.9 Å². The number of nitrogens with two attached hydrogens (primary N) is 2. The van der Waals surface area contributed by atoms with Gasteiger partial charge in [-0.25, -0.2) is 10.8 Å². The quantitative estimate of drug-likeness (QED) is 0.291. The predicted octanol–water partition coefficient (Wildman–Crippen LogP) is -1.35. The van der Waals surface area contributed by atoms with Crippen molar-refractivity contribution in [1.82, 2.24) is 9.97 Å². The fraction of sp³-hybridized carbons (Fsp3) is 0.333. The van der Waals surface area contributed by atoms with E-state index >= 15 is 0 Å². The monoisotopic (exact) mass is 185 g/mol. The Morgan fingerprint density at radius 1 is 1.85 bits per heavy atom. The maximum atomic E-state index is 10.4. The van der Waals surface area contributed by atoms with Gasteiger partial charge in [0.05, 0.1) is 6.20 Å². The molecule has 7 nitrogen and oxygen atoms in total. The van der Waals surface area contributed by atoms with E-state index in [1.165, 1.54) is 6.20 Å². The van der Waals surface area contributed by atoms with E-state index < -0.39 is 12.0 Å². The average molecular weight is 185 g/mol. The number of hydrogen-bond donors (Lipinski definition) is 5. The Morgan fingerprint density at radius 2 is 2.54 bits per heavy atom. The first-order valence-electron chi connectivity index (χ1n) is 3.62. The lowest BCUT2D eigenvalue weighted by Gasteiger charge is -2.02. The number of H-pyrrole nitrogens is 1. The van der Waals surface area contributed by atoms with Crippen molar-refractivity contribution < 1.29 is 9.90 Å². The molecule has 1 heterocycles. The third kappa shape index (κ3) is 2.42. The Morgan fingerprint density at radius 3 is 3.00 bits per heavy atom. The molecule has 1 aromatic rings. The van der Waals surface area contributed by atoms with E-state index in [4.69, 9.17) is 16.7 Å². The molecule has 1 atom stereocenters. The van der Waals surface area contributed by atoms with Crippen LogP contribution in [0.15, 0.2) is 6.20 Å². The summed E-state index contributed by atoms with van der Waals surface area (Å²) >= 11 is 0. The number of rotatable bonds is 4. The minimum atomic E-state index is -1.04. The van der Waals surface area contributed by atoms with Crippen LogP contribution in [-0.2, 0) is 11.2 Å². The van der Waals surface area contributed by atoms with Crippen LogP contribution in [0.25, 0.3) is 0 Å². The van der Waals surface area contributed by atoms with Crippen LogP contribution in [0.2, 0.25) is 0 Å². The summed E-state index contributed by atoms with van der Waals surface area (Å²) in [7, 11) is 0. The second-order valence-electron chi connectivity index (χ2n) is 2.55. The topological polar surface area (TPSA) is 130 Å². The van der Waals surface area contributed by atoms with E-state index in [9.17, 15) is 4.79 Å². The summed E-state index contributed by atoms with van der Waals surface area (Å²) in [4.78, 5) is 16.9. The largest absolute Gasteiger partial charge is 0.480 e. The zero-order valence-electron chi connectivity index (χ0n) is 6.82. The van der Waals surface area contributed by atoms with Crippen LogP contribution in [0.1, 0.15) is 5.69 Å². The summed E-state index contributed by atoms with van der Waals surface area (Å²) < 4.78 is 0. The van der Waals surface area contributed by atoms with Crippen LogP contribution in [0.3, 0.4) is 0 Å². The fourth-order valence-corrected chi connectivity index (χ4v) is 0.860. The van der Waals surface area contributed by atoms with Gasteiger partial charge in [-0.05, 0) is 0 Å². The molecule has 1 rings (SSSR count). The lowest BCUT2D eigenvalue weighted by Crippen LogP contribution is -2.32. The highest BCUT2D eigenvalue weighted by atomic mass is 16.4. The third-order valence-electron chi connectivity index (χ3n) is 1.52. The molecule has 0 saturated heterocycles. The first-order valence-corrected chi connectivity index (χ1v) is 3.62. The van der Waals surface area contributed by atoms with Gasteiger partial charge in [-0.1, -0.05) is 0 Å². The number of aromatic amines is 1. The standard InChI is InChI=1S/C6H11N5O2/c7-4(5(12)13)1-3-2-9-6(10-3)11-8/h2,4H,1,7-8H2,(H,12,13)(H2,9,10,11)/t4-/m0/s1. The zero-order chi connectivity index (χ0) is 9.84. The van der Waals surface area contributed by atoms with Crippen molar-refractivity contribution in [2.24, 2.45) is 11.6 Å². The van der Waals surface area contributed by atoms with E-state index in [0.717, 1.165) is 0 Å². The van der Waals surface area contributed by atoms with Crippen LogP contribution in [0.5, 0.6) is 0 Å². The molecule has 0 amide bonds. The Balaban J connectivity index is 2.58. The summed E-state index contributed by atoms with van der Waals surface area (Å²) in [6, 6.07) is -0.925. The first kappa shape index (κ1) is 9.49. The molecule has 0 fully saturated rings. The lowest BCUT2D eigenvalue weighted by molar-refractivity contribution is -0.138. The molecule has 0 aromatic carbocycles. The Bertz CT molecular complexity index is 297. The number of aromatic nitrogens is 2. The van der Waals surface area contributed by atoms with Crippen molar-refractivity contribution >= 4 is 11.9 Å². The number of carboxylic acids is 1. The Kier molecular flexibility index (Phi) is 2.83. The number of hydrogen-bond acceptors (Lipinski definition) is 5. The van der Waals surface area contributed by atoms with Gasteiger partial charge in [0.1, 0.15) is 6.04 Å². The van der Waals surface area contributed by atoms with Gasteiger partial charge in [-0.15, -0.1) is 0 Å². The van der Waals surface area contributed by atoms with Gasteiger partial charge < -0.3 is 15.8 Å². The van der Waals surface area contributed by atoms with Crippen LogP contribution in [-0.4, -0.2) is 27.1 Å². The minimum absolute atomic E-state index is 0.198. The second kappa shape index (κ2) is 3.87. The Hall–Kier alpha value is -1.60. The van der Waals surface area contributed by atoms with Crippen LogP contribution >= 0.6 is 0 Å². The number of hydrazine groups is 1. The predicted molar refractivity (Wildman–Crippen MR) is 45.7 cm³/mol. The molecule has 13 heavy (non-hydrogen) atoms. The van der Waals surface area contributed by atoms with Crippen LogP contribution < -0.4 is 17.0 Å². The molecule has 7 N–H and O–H groups in total. The molecule has 0 radical (unpaired) electrons. The molecular weight excluding hydrogens is 174 g/mol. The minimum Gasteiger partial charge on any atom is -0.480 e. The Labute approximate surface area is 74.1 Å². The maximum Gasteiger partial charge on any atom is 0.320 e. The molecular formula is C6H11N5O2. The molecule has 0 aliphatic heterocycles. The van der Waals surface area contributed by atoms with Crippen LogP contribution in [0.4, 0.5) is 5.95 Å². The normalized spacial score (nSPS) is 12.5. The van der Waals surface area contributed by atoms with Crippen molar-refractivity contribution in [3.63, 3.8) is 0 Å². The number of carboxylic acid groups (broad SMARTS) is 1. The molecule has 7 heteroatoms. The number of anilines is 1. The van der Waals surface area contributed by atoms with Crippen LogP contribution in [0, 0.1) is 0 Å². The highest BCUT2D eigenvalue weighted by Crippen LogP contribution is 2.02. The molecule has 72 valence electrons. The third-order valence-corrected chi connectivity index (χ3v) is 1.52. The lowest BCUT2D eigenvalue weighted by atomic mass is 10.2. The average Bonchev–Trinajstić information content (AvgIpc) is 2.52. The molecule has 1 aromatic heterocycles. The number of carbonyl (C=O) groups is 1. The van der Waals surface area contributed by atoms with Gasteiger partial charge in [-0.2, -0.15) is 0 Å². The number of nitrogens with zero attached hydrogens (tertiary/aromatic N) is 1. The van der Waals surface area contributed by atoms with Crippen molar-refractivity contribution in [1.29, 1.82) is 0 Å². The van der Waals surface area contributed by atoms with Gasteiger partial charge in [-0.3, -0.25) is 10.2 Å². The molecule has 0 aliphatic carbocycles. The van der Waals surface area contributed by atoms with E-state index in [1.807, 2.05) is 0 Å². The molecule has 0 aliphatic rings. The molecule has 0 spiro atoms. The summed E-state index contributed by atoms with van der Waals surface area (Å²) in [6.07, 6.45) is 1.68. The van der Waals surface area contributed by atoms with E-state index in [1.54, 1.807) is 0 Å². The summed E-state index contributed by atoms with van der Waals surface area (Å²) in [5.41, 5.74) is 8.22. The molecule has 0 saturated carbocycles. The SMILES string of the molecule is NNc1ncc(C[C@H](N)C(=O)O)[nH]1. The number of nitrogens with one attached hydrogen (secondary N) is 2. The highest BCUT2D eigenvalue weighted by molar-refractivity contribution is 5.73. The molecule has 0 unspecified atom stereocenters. The second-order valence-corrected chi connectivity index (χ2v) is 2.55. The van der Waals surface area contributed by atoms with E-state index in [0.29, 0.717) is 11.6 Å². The van der Waals surface area contributed by atoms with Gasteiger partial charge in [0.25, 0.3) is 0 Å². The highest BCUT2D eigenvalue weighted by Gasteiger charge is 2.13. The molecule has 0 bridgehead atoms. The van der Waals surface area contributed by atoms with E-state index in [-0.39, 0.29) is 6.42 Å². The summed E-state index contributed by atoms with van der Waals surface area (Å²) in [5, 5.41) is 8.51. The van der Waals surface area contributed by atoms with Gasteiger partial charge in [0.2, 0.25) is 5.95 Å². The summed E-state index contributed by atoms with van der Waals surface area (Å²) in [6.45, 7) is 0. The van der Waals surface area contributed by atoms with Gasteiger partial charge in [0.15, 0.2) is 0 Å². The first-order chi connectivity index (χ1) is 6.13.